The molecule has 2 aromatic carbocycles. The average molecular weight is 378 g/mol. The maximum Gasteiger partial charge on any atom is 0.241 e. The number of rotatable bonds is 6. The second-order valence-corrected chi connectivity index (χ2v) is 7.68. The molecule has 0 atom stereocenters. The van der Waals surface area contributed by atoms with E-state index in [1.54, 1.807) is 36.4 Å². The van der Waals surface area contributed by atoms with Gasteiger partial charge in [0.05, 0.1) is 23.6 Å². The van der Waals surface area contributed by atoms with Crippen molar-refractivity contribution < 1.29 is 13.2 Å². The van der Waals surface area contributed by atoms with E-state index in [0.29, 0.717) is 10.6 Å². The fourth-order valence-corrected chi connectivity index (χ4v) is 3.09. The number of hydrogen-bond donors (Lipinski definition) is 1. The number of hydrogen-bond acceptors (Lipinski definition) is 4. The lowest BCUT2D eigenvalue weighted by Crippen LogP contribution is -2.40. The quantitative estimate of drug-likeness (QED) is 0.836. The van der Waals surface area contributed by atoms with Crippen molar-refractivity contribution in [3.05, 3.63) is 64.7 Å². The number of amides is 1. The monoisotopic (exact) mass is 377 g/mol. The predicted molar refractivity (Wildman–Crippen MR) is 96.6 cm³/mol. The van der Waals surface area contributed by atoms with Crippen molar-refractivity contribution in [3.63, 3.8) is 0 Å². The zero-order valence-electron chi connectivity index (χ0n) is 13.4. The van der Waals surface area contributed by atoms with Gasteiger partial charge in [0.1, 0.15) is 6.54 Å². The Hall–Kier alpha value is -2.56. The Labute approximate surface area is 151 Å². The van der Waals surface area contributed by atoms with Crippen molar-refractivity contribution in [2.45, 2.75) is 6.54 Å². The van der Waals surface area contributed by atoms with E-state index in [9.17, 15) is 13.2 Å². The Morgan fingerprint density at radius 1 is 1.24 bits per heavy atom. The molecule has 2 aromatic rings. The summed E-state index contributed by atoms with van der Waals surface area (Å²) in [6.07, 6.45) is 1.01. The molecular weight excluding hydrogens is 362 g/mol. The van der Waals surface area contributed by atoms with Gasteiger partial charge < -0.3 is 5.32 Å². The molecule has 0 radical (unpaired) electrons. The number of halogens is 1. The van der Waals surface area contributed by atoms with Crippen LogP contribution in [0.4, 0.5) is 5.69 Å². The fourth-order valence-electron chi connectivity index (χ4n) is 2.12. The molecule has 130 valence electrons. The van der Waals surface area contributed by atoms with Gasteiger partial charge >= 0.3 is 0 Å². The zero-order chi connectivity index (χ0) is 18.4. The highest BCUT2D eigenvalue weighted by molar-refractivity contribution is 7.92. The summed E-state index contributed by atoms with van der Waals surface area (Å²) in [4.78, 5) is 12.2. The Bertz CT molecular complexity index is 905. The minimum Gasteiger partial charge on any atom is -0.350 e. The van der Waals surface area contributed by atoms with Crippen molar-refractivity contribution in [1.82, 2.24) is 5.32 Å². The van der Waals surface area contributed by atoms with E-state index in [2.05, 4.69) is 5.32 Å². The van der Waals surface area contributed by atoms with Gasteiger partial charge in [-0.1, -0.05) is 29.8 Å². The first kappa shape index (κ1) is 18.8. The fraction of sp³-hybridized carbons (Fsp3) is 0.176. The topological polar surface area (TPSA) is 90.3 Å². The number of benzene rings is 2. The first-order valence-electron chi connectivity index (χ1n) is 7.28. The molecule has 0 fully saturated rings. The van der Waals surface area contributed by atoms with Gasteiger partial charge in [0, 0.05) is 11.6 Å². The van der Waals surface area contributed by atoms with Gasteiger partial charge in [-0.15, -0.1) is 0 Å². The van der Waals surface area contributed by atoms with Crippen molar-refractivity contribution in [1.29, 1.82) is 5.26 Å². The van der Waals surface area contributed by atoms with Crippen LogP contribution in [0.3, 0.4) is 0 Å². The summed E-state index contributed by atoms with van der Waals surface area (Å²) in [7, 11) is -3.68. The first-order valence-corrected chi connectivity index (χ1v) is 9.51. The van der Waals surface area contributed by atoms with Crippen molar-refractivity contribution >= 4 is 33.2 Å². The molecule has 0 heterocycles. The number of carbonyl (C=O) groups excluding carboxylic acids is 1. The molecule has 0 unspecified atom stereocenters. The molecule has 25 heavy (non-hydrogen) atoms. The predicted octanol–water partition coefficient (Wildman–Crippen LogP) is 2.29. The van der Waals surface area contributed by atoms with Crippen LogP contribution in [0.15, 0.2) is 48.5 Å². The molecule has 0 aliphatic carbocycles. The highest BCUT2D eigenvalue weighted by Gasteiger charge is 2.21. The Balaban J connectivity index is 2.10. The SMILES string of the molecule is CS(=O)(=O)N(CC(=O)NCc1ccc(Cl)cc1)c1cccc(C#N)c1. The zero-order valence-corrected chi connectivity index (χ0v) is 15.0. The number of nitrogens with zero attached hydrogens (tertiary/aromatic N) is 2. The Morgan fingerprint density at radius 2 is 1.92 bits per heavy atom. The summed E-state index contributed by atoms with van der Waals surface area (Å²) in [5.41, 5.74) is 1.42. The van der Waals surface area contributed by atoms with E-state index in [-0.39, 0.29) is 18.8 Å². The third kappa shape index (κ3) is 5.48. The van der Waals surface area contributed by atoms with E-state index < -0.39 is 15.9 Å². The molecule has 0 saturated carbocycles. The summed E-state index contributed by atoms with van der Waals surface area (Å²) in [5.74, 6) is -0.456. The van der Waals surface area contributed by atoms with Crippen LogP contribution in [0.2, 0.25) is 5.02 Å². The van der Waals surface area contributed by atoms with Crippen LogP contribution in [-0.2, 0) is 21.4 Å². The van der Waals surface area contributed by atoms with Crippen LogP contribution in [0.1, 0.15) is 11.1 Å². The molecule has 8 heteroatoms. The summed E-state index contributed by atoms with van der Waals surface area (Å²) < 4.78 is 25.0. The highest BCUT2D eigenvalue weighted by atomic mass is 35.5. The standard InChI is InChI=1S/C17H16ClN3O3S/c1-25(23,24)21(16-4-2-3-14(9-16)10-19)12-17(22)20-11-13-5-7-15(18)8-6-13/h2-9H,11-12H2,1H3,(H,20,22). The molecule has 0 aromatic heterocycles. The minimum absolute atomic E-state index is 0.256. The third-order valence-corrected chi connectivity index (χ3v) is 4.75. The van der Waals surface area contributed by atoms with Gasteiger partial charge in [-0.3, -0.25) is 9.10 Å². The Morgan fingerprint density at radius 3 is 2.52 bits per heavy atom. The van der Waals surface area contributed by atoms with Crippen molar-refractivity contribution in [2.75, 3.05) is 17.1 Å². The maximum atomic E-state index is 12.2. The van der Waals surface area contributed by atoms with Crippen LogP contribution in [0, 0.1) is 11.3 Å². The normalized spacial score (nSPS) is 10.8. The second-order valence-electron chi connectivity index (χ2n) is 5.33. The molecule has 0 bridgehead atoms. The largest absolute Gasteiger partial charge is 0.350 e. The van der Waals surface area contributed by atoms with E-state index >= 15 is 0 Å². The van der Waals surface area contributed by atoms with E-state index in [4.69, 9.17) is 16.9 Å². The smallest absolute Gasteiger partial charge is 0.241 e. The van der Waals surface area contributed by atoms with Crippen LogP contribution in [0.25, 0.3) is 0 Å². The number of sulfonamides is 1. The molecule has 0 spiro atoms. The summed E-state index contributed by atoms with van der Waals surface area (Å²) in [6.45, 7) is -0.118. The maximum absolute atomic E-state index is 12.2. The van der Waals surface area contributed by atoms with Crippen LogP contribution < -0.4 is 9.62 Å². The second kappa shape index (κ2) is 8.01. The molecule has 1 amide bonds. The minimum atomic E-state index is -3.68. The number of nitrogens with one attached hydrogen (secondary N) is 1. The van der Waals surface area contributed by atoms with Gasteiger partial charge in [-0.25, -0.2) is 8.42 Å². The highest BCUT2D eigenvalue weighted by Crippen LogP contribution is 2.18. The van der Waals surface area contributed by atoms with E-state index in [1.807, 2.05) is 6.07 Å². The molecule has 1 N–H and O–H groups in total. The summed E-state index contributed by atoms with van der Waals surface area (Å²) in [6, 6.07) is 15.0. The molecule has 2 rings (SSSR count). The molecular formula is C17H16ClN3O3S. The third-order valence-electron chi connectivity index (χ3n) is 3.35. The first-order chi connectivity index (χ1) is 11.8. The average Bonchev–Trinajstić information content (AvgIpc) is 2.58. The van der Waals surface area contributed by atoms with Gasteiger partial charge in [-0.05, 0) is 35.9 Å². The van der Waals surface area contributed by atoms with Gasteiger partial charge in [0.25, 0.3) is 0 Å². The van der Waals surface area contributed by atoms with Crippen molar-refractivity contribution in [3.8, 4) is 6.07 Å². The lowest BCUT2D eigenvalue weighted by molar-refractivity contribution is -0.119. The Kier molecular flexibility index (Phi) is 6.02. The van der Waals surface area contributed by atoms with Gasteiger partial charge in [-0.2, -0.15) is 5.26 Å². The lowest BCUT2D eigenvalue weighted by atomic mass is 10.2. The molecule has 6 nitrogen and oxygen atoms in total. The van der Waals surface area contributed by atoms with Gasteiger partial charge in [0.15, 0.2) is 0 Å². The number of nitriles is 1. The lowest BCUT2D eigenvalue weighted by Gasteiger charge is -2.22. The molecule has 0 saturated heterocycles. The van der Waals surface area contributed by atoms with E-state index in [1.165, 1.54) is 12.1 Å². The van der Waals surface area contributed by atoms with Crippen LogP contribution >= 0.6 is 11.6 Å². The van der Waals surface area contributed by atoms with Crippen molar-refractivity contribution in [2.24, 2.45) is 0 Å². The van der Waals surface area contributed by atoms with Crippen LogP contribution in [-0.4, -0.2) is 27.1 Å². The van der Waals surface area contributed by atoms with Gasteiger partial charge in [0.2, 0.25) is 15.9 Å². The van der Waals surface area contributed by atoms with Crippen LogP contribution in [0.5, 0.6) is 0 Å². The number of anilines is 1. The summed E-state index contributed by atoms with van der Waals surface area (Å²) >= 11 is 5.80. The number of carbonyl (C=O) groups is 1. The summed E-state index contributed by atoms with van der Waals surface area (Å²) in [5, 5.41) is 12.2. The molecule has 0 aliphatic rings. The van der Waals surface area contributed by atoms with E-state index in [0.717, 1.165) is 16.1 Å². The molecule has 0 aliphatic heterocycles.